The van der Waals surface area contributed by atoms with Gasteiger partial charge in [0.05, 0.1) is 17.4 Å². The van der Waals surface area contributed by atoms with Crippen molar-refractivity contribution in [1.82, 2.24) is 9.78 Å². The number of aryl methyl sites for hydroxylation is 1. The summed E-state index contributed by atoms with van der Waals surface area (Å²) in [7, 11) is 0. The van der Waals surface area contributed by atoms with Gasteiger partial charge in [-0.15, -0.1) is 0 Å². The van der Waals surface area contributed by atoms with E-state index in [-0.39, 0.29) is 11.3 Å². The van der Waals surface area contributed by atoms with Crippen LogP contribution in [0.25, 0.3) is 16.8 Å². The van der Waals surface area contributed by atoms with Gasteiger partial charge in [0.25, 0.3) is 0 Å². The number of aromatic hydroxyl groups is 1. The zero-order valence-corrected chi connectivity index (χ0v) is 11.5. The third-order valence-electron chi connectivity index (χ3n) is 3.36. The van der Waals surface area contributed by atoms with Gasteiger partial charge in [-0.3, -0.25) is 0 Å². The van der Waals surface area contributed by atoms with Crippen LogP contribution in [0, 0.1) is 18.3 Å². The molecule has 0 saturated carbocycles. The van der Waals surface area contributed by atoms with Gasteiger partial charge in [-0.25, -0.2) is 4.68 Å². The largest absolute Gasteiger partial charge is 0.506 e. The summed E-state index contributed by atoms with van der Waals surface area (Å²) in [5.41, 5.74) is 3.69. The number of nitrogens with zero attached hydrogens (tertiary/aromatic N) is 3. The number of phenols is 1. The molecule has 0 unspecified atom stereocenters. The second kappa shape index (κ2) is 5.14. The smallest absolute Gasteiger partial charge is 0.136 e. The highest BCUT2D eigenvalue weighted by Crippen LogP contribution is 2.29. The monoisotopic (exact) mass is 275 g/mol. The Balaban J connectivity index is 2.05. The fraction of sp³-hybridized carbons (Fsp3) is 0.0588. The number of hydrogen-bond acceptors (Lipinski definition) is 3. The molecule has 1 heterocycles. The van der Waals surface area contributed by atoms with E-state index in [9.17, 15) is 5.11 Å². The first kappa shape index (κ1) is 12.9. The lowest BCUT2D eigenvalue weighted by Crippen LogP contribution is -1.92. The zero-order valence-electron chi connectivity index (χ0n) is 11.5. The highest BCUT2D eigenvalue weighted by Gasteiger charge is 2.10. The molecule has 0 atom stereocenters. The minimum absolute atomic E-state index is 0.0386. The van der Waals surface area contributed by atoms with Crippen molar-refractivity contribution in [3.8, 4) is 28.6 Å². The van der Waals surface area contributed by atoms with Crippen molar-refractivity contribution in [3.05, 3.63) is 66.0 Å². The summed E-state index contributed by atoms with van der Waals surface area (Å²) in [6.45, 7) is 1.78. The van der Waals surface area contributed by atoms with Crippen LogP contribution in [0.4, 0.5) is 0 Å². The Labute approximate surface area is 122 Å². The van der Waals surface area contributed by atoms with E-state index in [1.165, 1.54) is 0 Å². The minimum atomic E-state index is 0.0386. The van der Waals surface area contributed by atoms with Gasteiger partial charge in [-0.2, -0.15) is 10.4 Å². The molecule has 0 fully saturated rings. The second-order valence-electron chi connectivity index (χ2n) is 4.81. The Morgan fingerprint density at radius 3 is 2.62 bits per heavy atom. The lowest BCUT2D eigenvalue weighted by Gasteiger charge is -2.04. The molecular formula is C17H13N3O. The van der Waals surface area contributed by atoms with Crippen molar-refractivity contribution in [2.24, 2.45) is 0 Å². The number of para-hydroxylation sites is 1. The SMILES string of the molecule is Cc1cc(-c2cnn(-c3ccccc3)c2)cc(C#N)c1O. The van der Waals surface area contributed by atoms with Gasteiger partial charge >= 0.3 is 0 Å². The highest BCUT2D eigenvalue weighted by atomic mass is 16.3. The Morgan fingerprint density at radius 2 is 1.90 bits per heavy atom. The summed E-state index contributed by atoms with van der Waals surface area (Å²) in [6, 6.07) is 15.3. The van der Waals surface area contributed by atoms with Crippen LogP contribution in [0.5, 0.6) is 5.75 Å². The molecule has 4 nitrogen and oxygen atoms in total. The Bertz CT molecular complexity index is 829. The van der Waals surface area contributed by atoms with Gasteiger partial charge < -0.3 is 5.11 Å². The summed E-state index contributed by atoms with van der Waals surface area (Å²) in [5, 5.41) is 23.2. The third kappa shape index (κ3) is 2.37. The quantitative estimate of drug-likeness (QED) is 0.779. The molecule has 4 heteroatoms. The molecule has 1 aromatic heterocycles. The molecule has 3 rings (SSSR count). The van der Waals surface area contributed by atoms with E-state index < -0.39 is 0 Å². The van der Waals surface area contributed by atoms with Crippen LogP contribution < -0.4 is 0 Å². The summed E-state index contributed by atoms with van der Waals surface area (Å²) in [5.74, 6) is 0.0386. The van der Waals surface area contributed by atoms with E-state index in [2.05, 4.69) is 5.10 Å². The first-order valence-corrected chi connectivity index (χ1v) is 6.53. The molecule has 0 amide bonds. The topological polar surface area (TPSA) is 61.8 Å². The van der Waals surface area contributed by atoms with Gasteiger partial charge in [0, 0.05) is 11.8 Å². The fourth-order valence-corrected chi connectivity index (χ4v) is 2.23. The van der Waals surface area contributed by atoms with E-state index in [1.54, 1.807) is 23.9 Å². The normalized spacial score (nSPS) is 10.3. The van der Waals surface area contributed by atoms with Gasteiger partial charge in [0.2, 0.25) is 0 Å². The summed E-state index contributed by atoms with van der Waals surface area (Å²) in [6.07, 6.45) is 3.66. The van der Waals surface area contributed by atoms with Crippen LogP contribution in [-0.2, 0) is 0 Å². The fourth-order valence-electron chi connectivity index (χ4n) is 2.23. The standard InChI is InChI=1S/C17H13N3O/c1-12-7-13(8-14(9-18)17(12)21)15-10-19-20(11-15)16-5-3-2-4-6-16/h2-8,10-11,21H,1H3. The van der Waals surface area contributed by atoms with Gasteiger partial charge in [0.15, 0.2) is 0 Å². The number of phenolic OH excluding ortho intramolecular Hbond substituents is 1. The Morgan fingerprint density at radius 1 is 1.14 bits per heavy atom. The predicted molar refractivity (Wildman–Crippen MR) is 80.1 cm³/mol. The molecule has 0 saturated heterocycles. The number of rotatable bonds is 2. The van der Waals surface area contributed by atoms with E-state index in [1.807, 2.05) is 48.7 Å². The van der Waals surface area contributed by atoms with E-state index in [0.717, 1.165) is 16.8 Å². The zero-order chi connectivity index (χ0) is 14.8. The average Bonchev–Trinajstić information content (AvgIpc) is 3.00. The summed E-state index contributed by atoms with van der Waals surface area (Å²) in [4.78, 5) is 0. The molecule has 3 aromatic rings. The van der Waals surface area contributed by atoms with Crippen LogP contribution in [0.15, 0.2) is 54.9 Å². The van der Waals surface area contributed by atoms with Crippen LogP contribution in [0.2, 0.25) is 0 Å². The van der Waals surface area contributed by atoms with E-state index >= 15 is 0 Å². The molecule has 102 valence electrons. The van der Waals surface area contributed by atoms with Crippen molar-refractivity contribution in [2.75, 3.05) is 0 Å². The molecule has 0 aliphatic heterocycles. The summed E-state index contributed by atoms with van der Waals surface area (Å²) < 4.78 is 1.78. The maximum Gasteiger partial charge on any atom is 0.136 e. The molecule has 0 aliphatic carbocycles. The lowest BCUT2D eigenvalue weighted by molar-refractivity contribution is 0.469. The molecule has 21 heavy (non-hydrogen) atoms. The first-order valence-electron chi connectivity index (χ1n) is 6.53. The van der Waals surface area contributed by atoms with Gasteiger partial charge in [-0.05, 0) is 42.3 Å². The number of aromatic nitrogens is 2. The predicted octanol–water partition coefficient (Wildman–Crippen LogP) is 3.43. The Hall–Kier alpha value is -3.06. The molecule has 0 aliphatic rings. The van der Waals surface area contributed by atoms with Crippen LogP contribution in [0.3, 0.4) is 0 Å². The van der Waals surface area contributed by atoms with Crippen molar-refractivity contribution >= 4 is 0 Å². The number of hydrogen-bond donors (Lipinski definition) is 1. The second-order valence-corrected chi connectivity index (χ2v) is 4.81. The molecule has 1 N–H and O–H groups in total. The van der Waals surface area contributed by atoms with Crippen LogP contribution in [-0.4, -0.2) is 14.9 Å². The third-order valence-corrected chi connectivity index (χ3v) is 3.36. The summed E-state index contributed by atoms with van der Waals surface area (Å²) >= 11 is 0. The van der Waals surface area contributed by atoms with Crippen LogP contribution in [0.1, 0.15) is 11.1 Å². The number of nitriles is 1. The first-order chi connectivity index (χ1) is 10.2. The van der Waals surface area contributed by atoms with E-state index in [4.69, 9.17) is 5.26 Å². The molecule has 0 bridgehead atoms. The van der Waals surface area contributed by atoms with Gasteiger partial charge in [-0.1, -0.05) is 18.2 Å². The Kier molecular flexibility index (Phi) is 3.17. The lowest BCUT2D eigenvalue weighted by atomic mass is 10.0. The highest BCUT2D eigenvalue weighted by molar-refractivity contribution is 5.68. The van der Waals surface area contributed by atoms with Crippen molar-refractivity contribution < 1.29 is 5.11 Å². The molecular weight excluding hydrogens is 262 g/mol. The van der Waals surface area contributed by atoms with Crippen LogP contribution >= 0.6 is 0 Å². The van der Waals surface area contributed by atoms with Crippen molar-refractivity contribution in [3.63, 3.8) is 0 Å². The van der Waals surface area contributed by atoms with Gasteiger partial charge in [0.1, 0.15) is 11.8 Å². The van der Waals surface area contributed by atoms with Crippen molar-refractivity contribution in [1.29, 1.82) is 5.26 Å². The molecule has 2 aromatic carbocycles. The molecule has 0 radical (unpaired) electrons. The van der Waals surface area contributed by atoms with E-state index in [0.29, 0.717) is 5.56 Å². The maximum atomic E-state index is 9.81. The maximum absolute atomic E-state index is 9.81. The minimum Gasteiger partial charge on any atom is -0.506 e. The molecule has 0 spiro atoms. The average molecular weight is 275 g/mol. The van der Waals surface area contributed by atoms with Crippen molar-refractivity contribution in [2.45, 2.75) is 6.92 Å². The number of benzene rings is 2.